The summed E-state index contributed by atoms with van der Waals surface area (Å²) in [6.45, 7) is 0. The smallest absolute Gasteiger partial charge is 0.308 e. The molecule has 0 fully saturated rings. The topological polar surface area (TPSA) is 64.9 Å². The first-order valence-electron chi connectivity index (χ1n) is 6.04. The van der Waals surface area contributed by atoms with E-state index >= 15 is 0 Å². The largest absolute Gasteiger partial charge is 0.323 e. The fraction of sp³-hybridized carbons (Fsp3) is 0.0667. The van der Waals surface area contributed by atoms with E-state index in [1.165, 1.54) is 6.07 Å². The van der Waals surface area contributed by atoms with E-state index < -0.39 is 6.03 Å². The molecule has 2 aromatic rings. The Morgan fingerprint density at radius 1 is 1.19 bits per heavy atom. The first-order valence-corrected chi connectivity index (χ1v) is 7.64. The molecule has 0 aliphatic carbocycles. The molecular weight excluding hydrogens is 306 g/mol. The third kappa shape index (κ3) is 4.15. The lowest BCUT2D eigenvalue weighted by molar-refractivity contribution is 0.262. The Morgan fingerprint density at radius 2 is 1.90 bits per heavy atom. The van der Waals surface area contributed by atoms with Gasteiger partial charge in [-0.1, -0.05) is 11.6 Å². The molecule has 0 aliphatic rings. The summed E-state index contributed by atoms with van der Waals surface area (Å²) < 4.78 is 0. The highest BCUT2D eigenvalue weighted by Gasteiger charge is 2.07. The summed E-state index contributed by atoms with van der Waals surface area (Å²) in [5.74, 6) is 0. The number of nitrogens with one attached hydrogen (secondary N) is 2. The van der Waals surface area contributed by atoms with Gasteiger partial charge in [0, 0.05) is 15.6 Å². The van der Waals surface area contributed by atoms with Gasteiger partial charge in [-0.3, -0.25) is 0 Å². The van der Waals surface area contributed by atoms with Crippen LogP contribution in [0.25, 0.3) is 0 Å². The zero-order chi connectivity index (χ0) is 15.2. The maximum atomic E-state index is 11.9. The van der Waals surface area contributed by atoms with Gasteiger partial charge in [0.05, 0.1) is 11.3 Å². The maximum absolute atomic E-state index is 11.9. The fourth-order valence-corrected chi connectivity index (χ4v) is 2.26. The van der Waals surface area contributed by atoms with Gasteiger partial charge in [0.2, 0.25) is 0 Å². The van der Waals surface area contributed by atoms with Crippen LogP contribution in [0.3, 0.4) is 0 Å². The Kier molecular flexibility index (Phi) is 5.09. The van der Waals surface area contributed by atoms with Crippen molar-refractivity contribution in [3.63, 3.8) is 0 Å². The summed E-state index contributed by atoms with van der Waals surface area (Å²) in [4.78, 5) is 13.0. The van der Waals surface area contributed by atoms with Gasteiger partial charge >= 0.3 is 6.03 Å². The molecular formula is C15H12ClN3OS. The van der Waals surface area contributed by atoms with Crippen LogP contribution in [0.2, 0.25) is 5.02 Å². The molecule has 2 N–H and O–H groups in total. The van der Waals surface area contributed by atoms with Gasteiger partial charge in [-0.25, -0.2) is 4.79 Å². The van der Waals surface area contributed by atoms with Crippen LogP contribution < -0.4 is 10.6 Å². The van der Waals surface area contributed by atoms with Crippen molar-refractivity contribution >= 4 is 40.8 Å². The van der Waals surface area contributed by atoms with E-state index in [1.807, 2.05) is 36.6 Å². The molecule has 0 radical (unpaired) electrons. The number of rotatable bonds is 3. The molecule has 0 aliphatic heterocycles. The Balaban J connectivity index is 2.06. The summed E-state index contributed by atoms with van der Waals surface area (Å²) in [7, 11) is 0. The minimum absolute atomic E-state index is 0.315. The molecule has 106 valence electrons. The van der Waals surface area contributed by atoms with Gasteiger partial charge in [0.25, 0.3) is 0 Å². The van der Waals surface area contributed by atoms with Gasteiger partial charge in [-0.2, -0.15) is 5.26 Å². The third-order valence-corrected chi connectivity index (χ3v) is 3.68. The molecule has 0 spiro atoms. The number of thioether (sulfide) groups is 1. The van der Waals surface area contributed by atoms with Gasteiger partial charge in [-0.05, 0) is 48.7 Å². The molecule has 4 nitrogen and oxygen atoms in total. The molecule has 2 rings (SSSR count). The van der Waals surface area contributed by atoms with E-state index in [2.05, 4.69) is 10.6 Å². The minimum atomic E-state index is -0.411. The number of carbonyl (C=O) groups is 1. The van der Waals surface area contributed by atoms with Gasteiger partial charge in [0.1, 0.15) is 6.07 Å². The highest BCUT2D eigenvalue weighted by molar-refractivity contribution is 7.98. The molecule has 2 aromatic carbocycles. The second-order valence-corrected chi connectivity index (χ2v) is 5.43. The van der Waals surface area contributed by atoms with E-state index in [0.29, 0.717) is 22.0 Å². The molecule has 0 aromatic heterocycles. The molecule has 0 atom stereocenters. The number of hydrogen-bond donors (Lipinski definition) is 2. The Hall–Kier alpha value is -2.16. The lowest BCUT2D eigenvalue weighted by Gasteiger charge is -2.09. The predicted molar refractivity (Wildman–Crippen MR) is 87.0 cm³/mol. The van der Waals surface area contributed by atoms with Crippen molar-refractivity contribution < 1.29 is 4.79 Å². The van der Waals surface area contributed by atoms with E-state index in [1.54, 1.807) is 23.9 Å². The summed E-state index contributed by atoms with van der Waals surface area (Å²) >= 11 is 7.44. The average Bonchev–Trinajstić information content (AvgIpc) is 2.49. The lowest BCUT2D eigenvalue weighted by Crippen LogP contribution is -2.19. The standard InChI is InChI=1S/C15H12ClN3OS/c1-21-13-5-3-12(4-6-13)18-15(20)19-14-7-2-11(16)8-10(14)9-17/h2-8H,1H3,(H2,18,19,20). The first kappa shape index (κ1) is 15.2. The van der Waals surface area contributed by atoms with Crippen molar-refractivity contribution in [1.29, 1.82) is 5.26 Å². The van der Waals surface area contributed by atoms with Crippen LogP contribution in [-0.4, -0.2) is 12.3 Å². The van der Waals surface area contributed by atoms with E-state index in [0.717, 1.165) is 4.90 Å². The molecule has 2 amide bonds. The van der Waals surface area contributed by atoms with Crippen LogP contribution in [0.1, 0.15) is 5.56 Å². The minimum Gasteiger partial charge on any atom is -0.308 e. The number of hydrogen-bond acceptors (Lipinski definition) is 3. The highest BCUT2D eigenvalue weighted by atomic mass is 35.5. The number of urea groups is 1. The number of halogens is 1. The summed E-state index contributed by atoms with van der Waals surface area (Å²) in [6, 6.07) is 13.8. The van der Waals surface area contributed by atoms with Gasteiger partial charge in [-0.15, -0.1) is 11.8 Å². The number of nitriles is 1. The summed E-state index contributed by atoms with van der Waals surface area (Å²) in [5, 5.41) is 14.8. The summed E-state index contributed by atoms with van der Waals surface area (Å²) in [6.07, 6.45) is 1.99. The lowest BCUT2D eigenvalue weighted by atomic mass is 10.2. The first-order chi connectivity index (χ1) is 10.1. The number of anilines is 2. The number of benzene rings is 2. The number of nitrogens with zero attached hydrogens (tertiary/aromatic N) is 1. The molecule has 0 saturated heterocycles. The van der Waals surface area contributed by atoms with Crippen LogP contribution in [0.15, 0.2) is 47.4 Å². The van der Waals surface area contributed by atoms with Crippen LogP contribution in [-0.2, 0) is 0 Å². The second kappa shape index (κ2) is 7.02. The third-order valence-electron chi connectivity index (χ3n) is 2.70. The summed E-state index contributed by atoms with van der Waals surface area (Å²) in [5.41, 5.74) is 1.41. The van der Waals surface area contributed by atoms with Crippen molar-refractivity contribution in [2.24, 2.45) is 0 Å². The molecule has 0 saturated carbocycles. The average molecular weight is 318 g/mol. The maximum Gasteiger partial charge on any atom is 0.323 e. The van der Waals surface area contributed by atoms with Crippen molar-refractivity contribution in [3.8, 4) is 6.07 Å². The van der Waals surface area contributed by atoms with E-state index in [-0.39, 0.29) is 0 Å². The zero-order valence-electron chi connectivity index (χ0n) is 11.2. The van der Waals surface area contributed by atoms with Crippen molar-refractivity contribution in [2.45, 2.75) is 4.90 Å². The Bertz CT molecular complexity index is 695. The van der Waals surface area contributed by atoms with Crippen LogP contribution in [0.4, 0.5) is 16.2 Å². The Labute approximate surface area is 132 Å². The van der Waals surface area contributed by atoms with Crippen molar-refractivity contribution in [1.82, 2.24) is 0 Å². The molecule has 0 bridgehead atoms. The van der Waals surface area contributed by atoms with E-state index in [4.69, 9.17) is 16.9 Å². The predicted octanol–water partition coefficient (Wildman–Crippen LogP) is 4.58. The van der Waals surface area contributed by atoms with Gasteiger partial charge < -0.3 is 10.6 Å². The van der Waals surface area contributed by atoms with Crippen LogP contribution in [0.5, 0.6) is 0 Å². The van der Waals surface area contributed by atoms with Crippen molar-refractivity contribution in [2.75, 3.05) is 16.9 Å². The Morgan fingerprint density at radius 3 is 2.52 bits per heavy atom. The highest BCUT2D eigenvalue weighted by Crippen LogP contribution is 2.21. The quantitative estimate of drug-likeness (QED) is 0.814. The molecule has 6 heteroatoms. The van der Waals surface area contributed by atoms with Crippen LogP contribution in [0, 0.1) is 11.3 Å². The molecule has 21 heavy (non-hydrogen) atoms. The SMILES string of the molecule is CSc1ccc(NC(=O)Nc2ccc(Cl)cc2C#N)cc1. The molecule has 0 heterocycles. The number of carbonyl (C=O) groups excluding carboxylic acids is 1. The van der Waals surface area contributed by atoms with Crippen molar-refractivity contribution in [3.05, 3.63) is 53.1 Å². The van der Waals surface area contributed by atoms with Gasteiger partial charge in [0.15, 0.2) is 0 Å². The normalized spacial score (nSPS) is 9.76. The number of amides is 2. The zero-order valence-corrected chi connectivity index (χ0v) is 12.8. The fourth-order valence-electron chi connectivity index (χ4n) is 1.68. The van der Waals surface area contributed by atoms with Crippen LogP contribution >= 0.6 is 23.4 Å². The monoisotopic (exact) mass is 317 g/mol. The van der Waals surface area contributed by atoms with E-state index in [9.17, 15) is 4.79 Å². The second-order valence-electron chi connectivity index (χ2n) is 4.11. The molecule has 0 unspecified atom stereocenters.